The number of hydrogen-bond donors (Lipinski definition) is 2. The van der Waals surface area contributed by atoms with E-state index in [0.29, 0.717) is 29.7 Å². The summed E-state index contributed by atoms with van der Waals surface area (Å²) in [7, 11) is 1.91. The minimum Gasteiger partial charge on any atom is -0.354 e. The zero-order chi connectivity index (χ0) is 18.6. The van der Waals surface area contributed by atoms with E-state index < -0.39 is 17.1 Å². The van der Waals surface area contributed by atoms with Crippen molar-refractivity contribution in [2.24, 2.45) is 5.92 Å². The van der Waals surface area contributed by atoms with E-state index in [0.717, 1.165) is 25.3 Å². The zero-order valence-corrected chi connectivity index (χ0v) is 16.1. The lowest BCUT2D eigenvalue weighted by atomic mass is 10.0. The van der Waals surface area contributed by atoms with Crippen molar-refractivity contribution in [1.29, 1.82) is 0 Å². The van der Waals surface area contributed by atoms with Crippen LogP contribution in [0, 0.1) is 11.7 Å². The van der Waals surface area contributed by atoms with Crippen molar-refractivity contribution >= 4 is 29.3 Å². The molecule has 1 saturated heterocycles. The second kappa shape index (κ2) is 7.12. The van der Waals surface area contributed by atoms with Gasteiger partial charge in [-0.05, 0) is 45.2 Å². The molecular weight excluding hydrogens is 375 g/mol. The molecule has 0 amide bonds. The number of hydrogen-bond acceptors (Lipinski definition) is 6. The summed E-state index contributed by atoms with van der Waals surface area (Å²) in [6.45, 7) is 3.47. The third-order valence-electron chi connectivity index (χ3n) is 5.63. The van der Waals surface area contributed by atoms with Crippen LogP contribution in [0.5, 0.6) is 0 Å². The maximum Gasteiger partial charge on any atom is 0.351 e. The van der Waals surface area contributed by atoms with Crippen molar-refractivity contribution in [3.05, 3.63) is 32.7 Å². The first-order chi connectivity index (χ1) is 12.4. The molecule has 27 heavy (non-hydrogen) atoms. The normalized spacial score (nSPS) is 20.7. The average molecular weight is 399 g/mol. The van der Waals surface area contributed by atoms with Gasteiger partial charge in [-0.3, -0.25) is 9.36 Å². The number of halogens is 2. The molecule has 0 aromatic carbocycles. The molecule has 2 fully saturated rings. The van der Waals surface area contributed by atoms with Crippen LogP contribution < -0.4 is 27.3 Å². The highest BCUT2D eigenvalue weighted by Crippen LogP contribution is 2.36. The molecule has 3 heterocycles. The van der Waals surface area contributed by atoms with Crippen LogP contribution in [-0.2, 0) is 0 Å². The first-order valence-corrected chi connectivity index (χ1v) is 8.97. The smallest absolute Gasteiger partial charge is 0.351 e. The van der Waals surface area contributed by atoms with E-state index in [1.165, 1.54) is 4.57 Å². The second-order valence-corrected chi connectivity index (χ2v) is 7.30. The third kappa shape index (κ3) is 3.19. The van der Waals surface area contributed by atoms with Gasteiger partial charge in [0, 0.05) is 25.2 Å². The van der Waals surface area contributed by atoms with Gasteiger partial charge in [-0.2, -0.15) is 4.68 Å². The lowest BCUT2D eigenvalue weighted by Crippen LogP contribution is -2.45. The van der Waals surface area contributed by atoms with Gasteiger partial charge in [-0.15, -0.1) is 12.4 Å². The summed E-state index contributed by atoms with van der Waals surface area (Å²) in [6, 6.07) is 1.45. The molecule has 2 aliphatic rings. The predicted octanol–water partition coefficient (Wildman–Crippen LogP) is 0.602. The summed E-state index contributed by atoms with van der Waals surface area (Å²) < 4.78 is 16.7. The topological polar surface area (TPSA) is 98.2 Å². The number of aromatic nitrogens is 3. The largest absolute Gasteiger partial charge is 0.354 e. The molecule has 2 aromatic heterocycles. The maximum absolute atomic E-state index is 14.7. The van der Waals surface area contributed by atoms with Crippen LogP contribution in [0.25, 0.3) is 11.0 Å². The van der Waals surface area contributed by atoms with Gasteiger partial charge in [0.05, 0.1) is 5.39 Å². The summed E-state index contributed by atoms with van der Waals surface area (Å²) in [5.74, 6) is 5.62. The molecule has 0 spiro atoms. The van der Waals surface area contributed by atoms with Crippen molar-refractivity contribution in [2.75, 3.05) is 30.9 Å². The van der Waals surface area contributed by atoms with E-state index >= 15 is 0 Å². The van der Waals surface area contributed by atoms with E-state index in [4.69, 9.17) is 5.84 Å². The number of pyridine rings is 1. The maximum atomic E-state index is 14.7. The van der Waals surface area contributed by atoms with Crippen molar-refractivity contribution in [1.82, 2.24) is 19.5 Å². The van der Waals surface area contributed by atoms with Gasteiger partial charge in [-0.1, -0.05) is 0 Å². The Morgan fingerprint density at radius 3 is 2.67 bits per heavy atom. The Morgan fingerprint density at radius 2 is 2.04 bits per heavy atom. The molecule has 1 aliphatic carbocycles. The molecule has 10 heteroatoms. The highest BCUT2D eigenvalue weighted by atomic mass is 35.5. The van der Waals surface area contributed by atoms with E-state index in [2.05, 4.69) is 17.2 Å². The van der Waals surface area contributed by atoms with Gasteiger partial charge in [0.1, 0.15) is 0 Å². The molecule has 2 atom stereocenters. The number of rotatable bonds is 4. The van der Waals surface area contributed by atoms with Crippen LogP contribution in [0.4, 0.5) is 10.2 Å². The lowest BCUT2D eigenvalue weighted by molar-refractivity contribution is 0.428. The molecule has 0 radical (unpaired) electrons. The van der Waals surface area contributed by atoms with Crippen molar-refractivity contribution in [2.45, 2.75) is 38.3 Å². The van der Waals surface area contributed by atoms with E-state index in [1.807, 2.05) is 11.9 Å². The number of fused-ring (bicyclic) bond motifs is 1. The Morgan fingerprint density at radius 1 is 1.33 bits per heavy atom. The predicted molar refractivity (Wildman–Crippen MR) is 105 cm³/mol. The van der Waals surface area contributed by atoms with Crippen LogP contribution in [0.2, 0.25) is 0 Å². The quantitative estimate of drug-likeness (QED) is 0.732. The summed E-state index contributed by atoms with van der Waals surface area (Å²) >= 11 is 0. The van der Waals surface area contributed by atoms with Gasteiger partial charge in [0.2, 0.25) is 0 Å². The summed E-state index contributed by atoms with van der Waals surface area (Å²) in [6.07, 6.45) is 2.58. The third-order valence-corrected chi connectivity index (χ3v) is 5.63. The van der Waals surface area contributed by atoms with Crippen molar-refractivity contribution in [3.8, 4) is 0 Å². The second-order valence-electron chi connectivity index (χ2n) is 7.30. The Labute approximate surface area is 161 Å². The van der Waals surface area contributed by atoms with E-state index in [9.17, 15) is 14.0 Å². The molecule has 0 bridgehead atoms. The molecule has 2 aromatic rings. The SMILES string of the molecule is CN[C@H](C)C1CCN(c2nc3c(cc2F)c(=O)n(N)c(=O)n3C2CC2)C1.Cl. The Kier molecular flexibility index (Phi) is 5.18. The lowest BCUT2D eigenvalue weighted by Gasteiger charge is -2.22. The summed E-state index contributed by atoms with van der Waals surface area (Å²) in [5.41, 5.74) is -1.09. The van der Waals surface area contributed by atoms with Gasteiger partial charge < -0.3 is 16.1 Å². The Bertz CT molecular complexity index is 986. The Hall–Kier alpha value is -2.13. The molecule has 8 nitrogen and oxygen atoms in total. The summed E-state index contributed by atoms with van der Waals surface area (Å²) in [4.78, 5) is 31.1. The monoisotopic (exact) mass is 398 g/mol. The fourth-order valence-electron chi connectivity index (χ4n) is 3.74. The van der Waals surface area contributed by atoms with Gasteiger partial charge in [0.25, 0.3) is 5.56 Å². The van der Waals surface area contributed by atoms with Crippen LogP contribution in [0.3, 0.4) is 0 Å². The van der Waals surface area contributed by atoms with Gasteiger partial charge in [-0.25, -0.2) is 14.2 Å². The van der Waals surface area contributed by atoms with Crippen LogP contribution in [0.15, 0.2) is 15.7 Å². The molecule has 1 aliphatic heterocycles. The highest BCUT2D eigenvalue weighted by molar-refractivity contribution is 5.85. The van der Waals surface area contributed by atoms with Crippen molar-refractivity contribution in [3.63, 3.8) is 0 Å². The Balaban J connectivity index is 0.00000210. The zero-order valence-electron chi connectivity index (χ0n) is 15.3. The molecule has 3 N–H and O–H groups in total. The highest BCUT2D eigenvalue weighted by Gasteiger charge is 2.32. The first-order valence-electron chi connectivity index (χ1n) is 8.97. The van der Waals surface area contributed by atoms with Crippen LogP contribution in [0.1, 0.15) is 32.2 Å². The number of nitrogens with one attached hydrogen (secondary N) is 1. The van der Waals surface area contributed by atoms with Crippen LogP contribution in [-0.4, -0.2) is 40.4 Å². The van der Waals surface area contributed by atoms with Crippen molar-refractivity contribution < 1.29 is 4.39 Å². The fraction of sp³-hybridized carbons (Fsp3) is 0.588. The minimum absolute atomic E-state index is 0. The van der Waals surface area contributed by atoms with Gasteiger partial charge >= 0.3 is 5.69 Å². The fourth-order valence-corrected chi connectivity index (χ4v) is 3.74. The molecule has 1 saturated carbocycles. The van der Waals surface area contributed by atoms with E-state index in [1.54, 1.807) is 0 Å². The molecule has 148 valence electrons. The number of nitrogens with two attached hydrogens (primary N) is 1. The number of nitrogen functional groups attached to an aromatic ring is 1. The summed E-state index contributed by atoms with van der Waals surface area (Å²) in [5, 5.41) is 3.27. The number of anilines is 1. The first kappa shape index (κ1) is 19.6. The average Bonchev–Trinajstić information content (AvgIpc) is 3.35. The van der Waals surface area contributed by atoms with Crippen LogP contribution >= 0.6 is 12.4 Å². The van der Waals surface area contributed by atoms with E-state index in [-0.39, 0.29) is 35.3 Å². The molecular formula is C17H24ClFN6O2. The molecule has 1 unspecified atom stereocenters. The standard InChI is InChI=1S/C17H23FN6O2.ClH/c1-9(20-2)10-5-6-22(8-10)15-13(18)7-12-14(21-15)23(11-3-4-11)17(26)24(19)16(12)25;/h7,9-11,20H,3-6,8,19H2,1-2H3;1H/t9-,10?;/m1./s1. The minimum atomic E-state index is -0.719. The molecule has 4 rings (SSSR count). The van der Waals surface area contributed by atoms with Gasteiger partial charge in [0.15, 0.2) is 17.3 Å². The number of nitrogens with zero attached hydrogens (tertiary/aromatic N) is 4.